The van der Waals surface area contributed by atoms with Gasteiger partial charge in [0.2, 0.25) is 0 Å². The summed E-state index contributed by atoms with van der Waals surface area (Å²) in [6.45, 7) is 4.53. The van der Waals surface area contributed by atoms with Gasteiger partial charge >= 0.3 is 0 Å². The molecule has 1 saturated heterocycles. The number of nitrogens with zero attached hydrogens (tertiary/aromatic N) is 3. The van der Waals surface area contributed by atoms with E-state index in [9.17, 15) is 4.79 Å². The molecule has 0 unspecified atom stereocenters. The van der Waals surface area contributed by atoms with E-state index in [1.807, 2.05) is 18.2 Å². The topological polar surface area (TPSA) is 38.1 Å². The summed E-state index contributed by atoms with van der Waals surface area (Å²) in [5.41, 5.74) is 5.16. The molecule has 0 amide bonds. The molecule has 4 nitrogen and oxygen atoms in total. The number of rotatable bonds is 4. The maximum absolute atomic E-state index is 12.8. The number of benzene rings is 2. The minimum atomic E-state index is -0.0455. The van der Waals surface area contributed by atoms with Crippen molar-refractivity contribution in [2.24, 2.45) is 0 Å². The van der Waals surface area contributed by atoms with Gasteiger partial charge in [0.1, 0.15) is 5.69 Å². The highest BCUT2D eigenvalue weighted by Crippen LogP contribution is 2.29. The molecule has 138 valence electrons. The predicted molar refractivity (Wildman–Crippen MR) is 110 cm³/mol. The lowest BCUT2D eigenvalue weighted by Gasteiger charge is -2.30. The Labute approximate surface area is 160 Å². The van der Waals surface area contributed by atoms with Crippen molar-refractivity contribution < 1.29 is 0 Å². The van der Waals surface area contributed by atoms with Crippen LogP contribution in [0.5, 0.6) is 0 Å². The Bertz CT molecular complexity index is 955. The first-order valence-corrected chi connectivity index (χ1v) is 9.69. The van der Waals surface area contributed by atoms with Gasteiger partial charge in [-0.15, -0.1) is 0 Å². The summed E-state index contributed by atoms with van der Waals surface area (Å²) in [5, 5.41) is 4.80. The second-order valence-corrected chi connectivity index (χ2v) is 7.27. The highest BCUT2D eigenvalue weighted by molar-refractivity contribution is 5.74. The van der Waals surface area contributed by atoms with Crippen LogP contribution >= 0.6 is 0 Å². The Morgan fingerprint density at radius 2 is 1.63 bits per heavy atom. The van der Waals surface area contributed by atoms with Crippen molar-refractivity contribution in [1.82, 2.24) is 9.78 Å². The molecule has 2 heterocycles. The Kier molecular flexibility index (Phi) is 5.05. The minimum absolute atomic E-state index is 0.0455. The average molecular weight is 359 g/mol. The fraction of sp³-hybridized carbons (Fsp3) is 0.304. The predicted octanol–water partition coefficient (Wildman–Crippen LogP) is 4.26. The summed E-state index contributed by atoms with van der Waals surface area (Å²) in [4.78, 5) is 15.1. The Balaban J connectivity index is 1.77. The van der Waals surface area contributed by atoms with E-state index < -0.39 is 0 Å². The fourth-order valence-corrected chi connectivity index (χ4v) is 3.64. The lowest BCUT2D eigenvalue weighted by Crippen LogP contribution is -2.33. The number of anilines is 1. The van der Waals surface area contributed by atoms with Gasteiger partial charge in [0, 0.05) is 24.7 Å². The maximum Gasteiger partial charge on any atom is 0.269 e. The molecule has 0 radical (unpaired) electrons. The Morgan fingerprint density at radius 3 is 2.33 bits per heavy atom. The molecule has 0 aliphatic carbocycles. The van der Waals surface area contributed by atoms with Gasteiger partial charge in [0.05, 0.1) is 12.2 Å². The molecule has 0 bridgehead atoms. The van der Waals surface area contributed by atoms with Gasteiger partial charge in [-0.2, -0.15) is 5.10 Å². The van der Waals surface area contributed by atoms with Crippen molar-refractivity contribution in [3.63, 3.8) is 0 Å². The van der Waals surface area contributed by atoms with Crippen LogP contribution < -0.4 is 10.5 Å². The second kappa shape index (κ2) is 7.78. The van der Waals surface area contributed by atoms with Gasteiger partial charge in [-0.3, -0.25) is 4.79 Å². The standard InChI is InChI=1S/C23H25N3O/c1-18-10-12-19(13-11-18)17-26-22(27)16-21(25-14-6-3-7-15-25)23(24-26)20-8-4-2-5-9-20/h2,4-5,8-13,16H,3,6-7,14-15,17H2,1H3. The van der Waals surface area contributed by atoms with Gasteiger partial charge in [-0.05, 0) is 31.7 Å². The molecule has 4 heteroatoms. The normalized spacial score (nSPS) is 14.3. The van der Waals surface area contributed by atoms with E-state index in [1.165, 1.54) is 24.8 Å². The first kappa shape index (κ1) is 17.5. The van der Waals surface area contributed by atoms with Gasteiger partial charge in [-0.1, -0.05) is 60.2 Å². The first-order chi connectivity index (χ1) is 13.2. The zero-order valence-corrected chi connectivity index (χ0v) is 15.8. The minimum Gasteiger partial charge on any atom is -0.370 e. The average Bonchev–Trinajstić information content (AvgIpc) is 2.72. The van der Waals surface area contributed by atoms with Crippen molar-refractivity contribution in [2.75, 3.05) is 18.0 Å². The van der Waals surface area contributed by atoms with Crippen LogP contribution in [-0.2, 0) is 6.54 Å². The van der Waals surface area contributed by atoms with Gasteiger partial charge in [0.15, 0.2) is 0 Å². The van der Waals surface area contributed by atoms with Crippen LogP contribution in [0.25, 0.3) is 11.3 Å². The summed E-state index contributed by atoms with van der Waals surface area (Å²) in [7, 11) is 0. The van der Waals surface area contributed by atoms with E-state index in [2.05, 4.69) is 48.2 Å². The molecule has 27 heavy (non-hydrogen) atoms. The van der Waals surface area contributed by atoms with Crippen LogP contribution in [-0.4, -0.2) is 22.9 Å². The molecule has 0 saturated carbocycles. The van der Waals surface area contributed by atoms with E-state index in [1.54, 1.807) is 10.7 Å². The van der Waals surface area contributed by atoms with Crippen molar-refractivity contribution in [1.29, 1.82) is 0 Å². The molecule has 0 spiro atoms. The summed E-state index contributed by atoms with van der Waals surface area (Å²) in [6.07, 6.45) is 3.59. The second-order valence-electron chi connectivity index (χ2n) is 7.27. The molecule has 0 atom stereocenters. The molecule has 1 aliphatic rings. The number of aromatic nitrogens is 2. The number of hydrogen-bond acceptors (Lipinski definition) is 3. The first-order valence-electron chi connectivity index (χ1n) is 9.69. The van der Waals surface area contributed by atoms with Crippen molar-refractivity contribution >= 4 is 5.69 Å². The molecule has 0 N–H and O–H groups in total. The number of hydrogen-bond donors (Lipinski definition) is 0. The van der Waals surface area contributed by atoms with Crippen LogP contribution in [0.1, 0.15) is 30.4 Å². The van der Waals surface area contributed by atoms with Crippen LogP contribution in [0, 0.1) is 6.92 Å². The molecular weight excluding hydrogens is 334 g/mol. The highest BCUT2D eigenvalue weighted by atomic mass is 16.1. The van der Waals surface area contributed by atoms with Gasteiger partial charge in [0.25, 0.3) is 5.56 Å². The third kappa shape index (κ3) is 3.95. The third-order valence-corrected chi connectivity index (χ3v) is 5.17. The Morgan fingerprint density at radius 1 is 0.926 bits per heavy atom. The number of piperidine rings is 1. The molecule has 2 aromatic carbocycles. The highest BCUT2D eigenvalue weighted by Gasteiger charge is 2.19. The monoisotopic (exact) mass is 359 g/mol. The van der Waals surface area contributed by atoms with E-state index in [0.29, 0.717) is 6.54 Å². The van der Waals surface area contributed by atoms with E-state index in [0.717, 1.165) is 35.6 Å². The summed E-state index contributed by atoms with van der Waals surface area (Å²) >= 11 is 0. The molecule has 1 aromatic heterocycles. The lowest BCUT2D eigenvalue weighted by molar-refractivity contribution is 0.572. The summed E-state index contributed by atoms with van der Waals surface area (Å²) < 4.78 is 1.58. The maximum atomic E-state index is 12.8. The quantitative estimate of drug-likeness (QED) is 0.699. The zero-order valence-electron chi connectivity index (χ0n) is 15.8. The summed E-state index contributed by atoms with van der Waals surface area (Å²) in [5.74, 6) is 0. The molecule has 3 aromatic rings. The van der Waals surface area contributed by atoms with E-state index in [4.69, 9.17) is 5.10 Å². The Hall–Kier alpha value is -2.88. The van der Waals surface area contributed by atoms with E-state index >= 15 is 0 Å². The molecule has 4 rings (SSSR count). The zero-order chi connectivity index (χ0) is 18.6. The molecule has 1 fully saturated rings. The van der Waals surface area contributed by atoms with E-state index in [-0.39, 0.29) is 5.56 Å². The van der Waals surface area contributed by atoms with Crippen LogP contribution in [0.3, 0.4) is 0 Å². The largest absolute Gasteiger partial charge is 0.370 e. The van der Waals surface area contributed by atoms with Crippen molar-refractivity contribution in [2.45, 2.75) is 32.7 Å². The SMILES string of the molecule is Cc1ccc(Cn2nc(-c3ccccc3)c(N3CCCCC3)cc2=O)cc1. The smallest absolute Gasteiger partial charge is 0.269 e. The van der Waals surface area contributed by atoms with Crippen LogP contribution in [0.4, 0.5) is 5.69 Å². The molecule has 1 aliphatic heterocycles. The van der Waals surface area contributed by atoms with Crippen molar-refractivity contribution in [3.8, 4) is 11.3 Å². The fourth-order valence-electron chi connectivity index (χ4n) is 3.64. The number of aryl methyl sites for hydroxylation is 1. The summed E-state index contributed by atoms with van der Waals surface area (Å²) in [6, 6.07) is 20.2. The van der Waals surface area contributed by atoms with Crippen LogP contribution in [0.15, 0.2) is 65.5 Å². The third-order valence-electron chi connectivity index (χ3n) is 5.17. The lowest BCUT2D eigenvalue weighted by atomic mass is 10.1. The van der Waals surface area contributed by atoms with Gasteiger partial charge < -0.3 is 4.90 Å². The van der Waals surface area contributed by atoms with Gasteiger partial charge in [-0.25, -0.2) is 4.68 Å². The van der Waals surface area contributed by atoms with Crippen LogP contribution in [0.2, 0.25) is 0 Å². The van der Waals surface area contributed by atoms with Crippen molar-refractivity contribution in [3.05, 3.63) is 82.1 Å². The molecular formula is C23H25N3O.